The van der Waals surface area contributed by atoms with Gasteiger partial charge in [0.15, 0.2) is 0 Å². The van der Waals surface area contributed by atoms with Crippen molar-refractivity contribution >= 4 is 5.69 Å². The maximum absolute atomic E-state index is 6.35. The summed E-state index contributed by atoms with van der Waals surface area (Å²) >= 11 is 0. The molecule has 0 unspecified atom stereocenters. The number of benzene rings is 3. The molecule has 1 N–H and O–H groups in total. The van der Waals surface area contributed by atoms with Crippen LogP contribution in [0.4, 0.5) is 5.69 Å². The minimum atomic E-state index is 0.266. The van der Waals surface area contributed by atoms with Gasteiger partial charge in [-0.25, -0.2) is 0 Å². The van der Waals surface area contributed by atoms with E-state index in [9.17, 15) is 0 Å². The van der Waals surface area contributed by atoms with Gasteiger partial charge in [0.05, 0.1) is 24.1 Å². The highest BCUT2D eigenvalue weighted by atomic mass is 16.5. The summed E-state index contributed by atoms with van der Waals surface area (Å²) in [5, 5.41) is 3.52. The van der Waals surface area contributed by atoms with Gasteiger partial charge in [-0.2, -0.15) is 0 Å². The second-order valence-corrected chi connectivity index (χ2v) is 9.43. The third kappa shape index (κ3) is 6.52. The van der Waals surface area contributed by atoms with Crippen LogP contribution in [0.15, 0.2) is 103 Å². The number of rotatable bonds is 10. The van der Waals surface area contributed by atoms with Crippen molar-refractivity contribution in [2.75, 3.05) is 5.32 Å². The molecule has 1 aliphatic carbocycles. The Labute approximate surface area is 214 Å². The van der Waals surface area contributed by atoms with Crippen LogP contribution in [-0.2, 0) is 24.5 Å². The summed E-state index contributed by atoms with van der Waals surface area (Å²) in [7, 11) is 0. The van der Waals surface area contributed by atoms with E-state index in [4.69, 9.17) is 9.47 Å². The highest BCUT2D eigenvalue weighted by Gasteiger charge is 2.25. The topological polar surface area (TPSA) is 43.4 Å². The second-order valence-electron chi connectivity index (χ2n) is 9.43. The molecule has 0 spiro atoms. The molecule has 0 aliphatic heterocycles. The van der Waals surface area contributed by atoms with Gasteiger partial charge in [0.25, 0.3) is 0 Å². The van der Waals surface area contributed by atoms with Crippen LogP contribution < -0.4 is 10.1 Å². The largest absolute Gasteiger partial charge is 0.489 e. The number of hydrogen-bond acceptors (Lipinski definition) is 4. The maximum Gasteiger partial charge on any atom is 0.123 e. The Morgan fingerprint density at radius 1 is 0.694 bits per heavy atom. The summed E-state index contributed by atoms with van der Waals surface area (Å²) in [4.78, 5) is 4.59. The number of ether oxygens (including phenoxy) is 2. The van der Waals surface area contributed by atoms with Crippen LogP contribution >= 0.6 is 0 Å². The highest BCUT2D eigenvalue weighted by Crippen LogP contribution is 2.38. The first-order valence-corrected chi connectivity index (χ1v) is 12.9. The molecule has 0 radical (unpaired) electrons. The number of pyridine rings is 1. The molecule has 1 aromatic heterocycles. The molecule has 1 aliphatic rings. The standard InChI is InChI=1S/C32H34N2O2/c1-3-10-25(11-4-1)22-34-30-15-9-21-33-31(30)24-35-28-19-17-27(18-20-28)29-14-7-8-16-32(29)36-23-26-12-5-2-6-13-26/h1-16,21,27-28,34H,17-20,22-24H2. The molecule has 4 heteroatoms. The lowest BCUT2D eigenvalue weighted by atomic mass is 9.82. The first-order valence-electron chi connectivity index (χ1n) is 12.9. The van der Waals surface area contributed by atoms with Gasteiger partial charge in [0.1, 0.15) is 12.4 Å². The lowest BCUT2D eigenvalue weighted by Crippen LogP contribution is -2.21. The number of aromatic nitrogens is 1. The number of nitrogens with zero attached hydrogens (tertiary/aromatic N) is 1. The van der Waals surface area contributed by atoms with Crippen molar-refractivity contribution < 1.29 is 9.47 Å². The molecule has 0 bridgehead atoms. The summed E-state index contributed by atoms with van der Waals surface area (Å²) in [5.41, 5.74) is 5.77. The summed E-state index contributed by atoms with van der Waals surface area (Å²) in [6.45, 7) is 1.90. The molecule has 0 amide bonds. The van der Waals surface area contributed by atoms with E-state index in [-0.39, 0.29) is 6.10 Å². The molecule has 184 valence electrons. The third-order valence-corrected chi connectivity index (χ3v) is 6.94. The zero-order valence-electron chi connectivity index (χ0n) is 20.7. The molecule has 4 aromatic rings. The first kappa shape index (κ1) is 24.1. The van der Waals surface area contributed by atoms with Gasteiger partial charge in [-0.1, -0.05) is 78.9 Å². The predicted octanol–water partition coefficient (Wildman–Crippen LogP) is 7.52. The second kappa shape index (κ2) is 12.4. The van der Waals surface area contributed by atoms with E-state index in [0.717, 1.165) is 49.4 Å². The van der Waals surface area contributed by atoms with Gasteiger partial charge < -0.3 is 14.8 Å². The van der Waals surface area contributed by atoms with Crippen molar-refractivity contribution in [2.45, 2.75) is 57.5 Å². The van der Waals surface area contributed by atoms with E-state index in [1.54, 1.807) is 0 Å². The minimum absolute atomic E-state index is 0.266. The van der Waals surface area contributed by atoms with Crippen molar-refractivity contribution in [2.24, 2.45) is 0 Å². The van der Waals surface area contributed by atoms with E-state index in [0.29, 0.717) is 19.1 Å². The molecule has 5 rings (SSSR count). The Bertz CT molecular complexity index is 1210. The fourth-order valence-corrected chi connectivity index (χ4v) is 4.93. The van der Waals surface area contributed by atoms with Crippen LogP contribution in [0.5, 0.6) is 5.75 Å². The molecule has 1 fully saturated rings. The van der Waals surface area contributed by atoms with Gasteiger partial charge in [-0.05, 0) is 66.5 Å². The molecule has 3 aromatic carbocycles. The fraction of sp³-hybridized carbons (Fsp3) is 0.281. The Kier molecular flexibility index (Phi) is 8.27. The SMILES string of the molecule is c1ccc(CNc2cccnc2COC2CCC(c3ccccc3OCc3ccccc3)CC2)cc1. The van der Waals surface area contributed by atoms with Crippen molar-refractivity contribution in [3.63, 3.8) is 0 Å². The summed E-state index contributed by atoms with van der Waals surface area (Å²) in [5.74, 6) is 1.52. The Hall–Kier alpha value is -3.63. The van der Waals surface area contributed by atoms with E-state index >= 15 is 0 Å². The number of para-hydroxylation sites is 1. The van der Waals surface area contributed by atoms with Crippen LogP contribution in [0.3, 0.4) is 0 Å². The molecule has 4 nitrogen and oxygen atoms in total. The Morgan fingerprint density at radius 2 is 1.39 bits per heavy atom. The van der Waals surface area contributed by atoms with Crippen LogP contribution in [0.25, 0.3) is 0 Å². The van der Waals surface area contributed by atoms with Crippen LogP contribution in [0, 0.1) is 0 Å². The monoisotopic (exact) mass is 478 g/mol. The van der Waals surface area contributed by atoms with Crippen molar-refractivity contribution in [1.29, 1.82) is 0 Å². The average Bonchev–Trinajstić information content (AvgIpc) is 2.96. The van der Waals surface area contributed by atoms with Gasteiger partial charge in [0.2, 0.25) is 0 Å². The van der Waals surface area contributed by atoms with Crippen molar-refractivity contribution in [3.05, 3.63) is 126 Å². The minimum Gasteiger partial charge on any atom is -0.489 e. The quantitative estimate of drug-likeness (QED) is 0.256. The van der Waals surface area contributed by atoms with E-state index in [1.807, 2.05) is 24.4 Å². The molecule has 0 saturated heterocycles. The lowest BCUT2D eigenvalue weighted by molar-refractivity contribution is 0.0119. The summed E-state index contributed by atoms with van der Waals surface area (Å²) < 4.78 is 12.6. The molecule has 1 saturated carbocycles. The lowest BCUT2D eigenvalue weighted by Gasteiger charge is -2.30. The fourth-order valence-electron chi connectivity index (χ4n) is 4.93. The number of anilines is 1. The van der Waals surface area contributed by atoms with E-state index in [2.05, 4.69) is 89.2 Å². The Balaban J connectivity index is 1.13. The zero-order valence-corrected chi connectivity index (χ0v) is 20.7. The summed E-state index contributed by atoms with van der Waals surface area (Å²) in [6.07, 6.45) is 6.43. The first-order chi connectivity index (χ1) is 17.8. The zero-order chi connectivity index (χ0) is 24.4. The summed E-state index contributed by atoms with van der Waals surface area (Å²) in [6, 6.07) is 33.4. The van der Waals surface area contributed by atoms with Gasteiger partial charge >= 0.3 is 0 Å². The van der Waals surface area contributed by atoms with Crippen LogP contribution in [-0.4, -0.2) is 11.1 Å². The maximum atomic E-state index is 6.35. The van der Waals surface area contributed by atoms with E-state index in [1.165, 1.54) is 16.7 Å². The molecule has 1 heterocycles. The predicted molar refractivity (Wildman–Crippen MR) is 145 cm³/mol. The van der Waals surface area contributed by atoms with Gasteiger partial charge in [-0.3, -0.25) is 4.98 Å². The highest BCUT2D eigenvalue weighted by molar-refractivity contribution is 5.47. The number of hydrogen-bond donors (Lipinski definition) is 1. The smallest absolute Gasteiger partial charge is 0.123 e. The normalized spacial score (nSPS) is 17.4. The van der Waals surface area contributed by atoms with Crippen LogP contribution in [0.1, 0.15) is 54.0 Å². The van der Waals surface area contributed by atoms with Crippen molar-refractivity contribution in [1.82, 2.24) is 4.98 Å². The molecular formula is C32H34N2O2. The van der Waals surface area contributed by atoms with E-state index < -0.39 is 0 Å². The Morgan fingerprint density at radius 3 is 2.17 bits per heavy atom. The third-order valence-electron chi connectivity index (χ3n) is 6.94. The van der Waals surface area contributed by atoms with Gasteiger partial charge in [-0.15, -0.1) is 0 Å². The van der Waals surface area contributed by atoms with Crippen molar-refractivity contribution in [3.8, 4) is 5.75 Å². The number of nitrogens with one attached hydrogen (secondary N) is 1. The molecular weight excluding hydrogens is 444 g/mol. The van der Waals surface area contributed by atoms with Gasteiger partial charge in [0, 0.05) is 12.7 Å². The molecule has 36 heavy (non-hydrogen) atoms. The molecule has 0 atom stereocenters. The average molecular weight is 479 g/mol. The van der Waals surface area contributed by atoms with Crippen LogP contribution in [0.2, 0.25) is 0 Å².